The molecule has 0 aliphatic heterocycles. The summed E-state index contributed by atoms with van der Waals surface area (Å²) in [4.78, 5) is 20.8. The van der Waals surface area contributed by atoms with Crippen LogP contribution in [0.25, 0.3) is 0 Å². The van der Waals surface area contributed by atoms with Gasteiger partial charge in [-0.05, 0) is 6.92 Å². The Kier molecular flexibility index (Phi) is 3.84. The van der Waals surface area contributed by atoms with Crippen LogP contribution >= 0.6 is 0 Å². The number of likely N-dealkylation sites (N-methyl/N-ethyl adjacent to an activating group) is 2. The molecule has 0 aliphatic rings. The minimum atomic E-state index is -0.0574. The van der Waals surface area contributed by atoms with Gasteiger partial charge in [0.25, 0.3) is 0 Å². The normalized spacial score (nSPS) is 9.73. The maximum Gasteiger partial charge on any atom is 0.239 e. The van der Waals surface area contributed by atoms with Crippen molar-refractivity contribution in [3.05, 3.63) is 12.5 Å². The average Bonchev–Trinajstić information content (AvgIpc) is 2.18. The minimum absolute atomic E-state index is 0.0574. The highest BCUT2D eigenvalue weighted by atomic mass is 16.2. The quantitative estimate of drug-likeness (QED) is 0.707. The molecule has 6 heteroatoms. The molecule has 0 atom stereocenters. The van der Waals surface area contributed by atoms with E-state index in [1.165, 1.54) is 12.5 Å². The molecule has 0 unspecified atom stereocenters. The first-order valence-electron chi connectivity index (χ1n) is 4.68. The Morgan fingerprint density at radius 2 is 2.40 bits per heavy atom. The van der Waals surface area contributed by atoms with Crippen LogP contribution < -0.4 is 16.0 Å². The van der Waals surface area contributed by atoms with Crippen LogP contribution in [0.4, 0.5) is 11.5 Å². The monoisotopic (exact) mass is 209 g/mol. The van der Waals surface area contributed by atoms with Gasteiger partial charge in [0, 0.05) is 13.6 Å². The lowest BCUT2D eigenvalue weighted by molar-refractivity contribution is -0.119. The predicted molar refractivity (Wildman–Crippen MR) is 58.4 cm³/mol. The minimum Gasteiger partial charge on any atom is -0.394 e. The third-order valence-corrected chi connectivity index (χ3v) is 1.83. The lowest BCUT2D eigenvalue weighted by atomic mass is 10.4. The summed E-state index contributed by atoms with van der Waals surface area (Å²) >= 11 is 0. The number of nitrogens with two attached hydrogens (primary N) is 1. The van der Waals surface area contributed by atoms with Gasteiger partial charge in [-0.3, -0.25) is 4.79 Å². The van der Waals surface area contributed by atoms with Crippen LogP contribution in [-0.2, 0) is 4.79 Å². The smallest absolute Gasteiger partial charge is 0.239 e. The molecular formula is C9H15N5O. The zero-order valence-electron chi connectivity index (χ0n) is 8.90. The maximum atomic E-state index is 11.3. The third kappa shape index (κ3) is 3.08. The first-order chi connectivity index (χ1) is 7.15. The predicted octanol–water partition coefficient (Wildman–Crippen LogP) is -0.369. The second-order valence-corrected chi connectivity index (χ2v) is 3.11. The Labute approximate surface area is 88.5 Å². The maximum absolute atomic E-state index is 11.3. The number of rotatable bonds is 4. The number of carbonyl (C=O) groups excluding carboxylic acids is 1. The van der Waals surface area contributed by atoms with Crippen molar-refractivity contribution < 1.29 is 4.79 Å². The molecule has 0 saturated carbocycles. The second kappa shape index (κ2) is 5.14. The van der Waals surface area contributed by atoms with E-state index < -0.39 is 0 Å². The first-order valence-corrected chi connectivity index (χ1v) is 4.68. The molecule has 15 heavy (non-hydrogen) atoms. The summed E-state index contributed by atoms with van der Waals surface area (Å²) in [5, 5.41) is 2.70. The summed E-state index contributed by atoms with van der Waals surface area (Å²) < 4.78 is 0. The number of nitrogens with zero attached hydrogens (tertiary/aromatic N) is 3. The first kappa shape index (κ1) is 11.2. The number of hydrogen-bond acceptors (Lipinski definition) is 5. The van der Waals surface area contributed by atoms with Crippen molar-refractivity contribution in [2.75, 3.05) is 30.8 Å². The van der Waals surface area contributed by atoms with Gasteiger partial charge in [-0.2, -0.15) is 0 Å². The lowest BCUT2D eigenvalue weighted by Crippen LogP contribution is -2.35. The molecule has 0 fully saturated rings. The number of nitrogen functional groups attached to an aromatic ring is 1. The number of hydrogen-bond donors (Lipinski definition) is 2. The molecule has 1 aromatic heterocycles. The van der Waals surface area contributed by atoms with Crippen LogP contribution in [0.1, 0.15) is 6.92 Å². The fourth-order valence-electron chi connectivity index (χ4n) is 1.20. The molecule has 82 valence electrons. The molecule has 1 heterocycles. The molecule has 1 rings (SSSR count). The van der Waals surface area contributed by atoms with E-state index in [9.17, 15) is 4.79 Å². The van der Waals surface area contributed by atoms with E-state index in [-0.39, 0.29) is 12.5 Å². The fraction of sp³-hybridized carbons (Fsp3) is 0.444. The van der Waals surface area contributed by atoms with Crippen LogP contribution in [0.3, 0.4) is 0 Å². The molecule has 0 aliphatic carbocycles. The Bertz CT molecular complexity index is 341. The summed E-state index contributed by atoms with van der Waals surface area (Å²) in [5.74, 6) is 0.509. The highest BCUT2D eigenvalue weighted by Crippen LogP contribution is 2.15. The molecule has 0 aromatic carbocycles. The molecule has 0 saturated heterocycles. The highest BCUT2D eigenvalue weighted by molar-refractivity contribution is 5.81. The fourth-order valence-corrected chi connectivity index (χ4v) is 1.20. The molecule has 0 spiro atoms. The highest BCUT2D eigenvalue weighted by Gasteiger charge is 2.10. The van der Waals surface area contributed by atoms with E-state index in [4.69, 9.17) is 5.73 Å². The van der Waals surface area contributed by atoms with Crippen molar-refractivity contribution in [2.45, 2.75) is 6.92 Å². The number of amides is 1. The van der Waals surface area contributed by atoms with Gasteiger partial charge in [0.05, 0.1) is 18.4 Å². The number of carbonyl (C=O) groups is 1. The summed E-state index contributed by atoms with van der Waals surface area (Å²) in [6.45, 7) is 2.72. The van der Waals surface area contributed by atoms with Crippen molar-refractivity contribution in [1.29, 1.82) is 0 Å². The average molecular weight is 209 g/mol. The van der Waals surface area contributed by atoms with E-state index in [1.807, 2.05) is 6.92 Å². The van der Waals surface area contributed by atoms with Crippen molar-refractivity contribution in [1.82, 2.24) is 15.3 Å². The molecule has 3 N–H and O–H groups in total. The Balaban J connectivity index is 2.65. The third-order valence-electron chi connectivity index (χ3n) is 1.83. The van der Waals surface area contributed by atoms with Gasteiger partial charge in [-0.1, -0.05) is 0 Å². The van der Waals surface area contributed by atoms with Crippen LogP contribution in [0, 0.1) is 0 Å². The van der Waals surface area contributed by atoms with E-state index >= 15 is 0 Å². The van der Waals surface area contributed by atoms with Crippen LogP contribution in [0.15, 0.2) is 12.5 Å². The van der Waals surface area contributed by atoms with Crippen LogP contribution in [0.2, 0.25) is 0 Å². The van der Waals surface area contributed by atoms with E-state index in [2.05, 4.69) is 15.3 Å². The number of nitrogens with one attached hydrogen (secondary N) is 1. The van der Waals surface area contributed by atoms with Gasteiger partial charge >= 0.3 is 0 Å². The standard InChI is InChI=1S/C9H15N5O/c1-3-12-8(15)5-14(2)9-7(10)4-11-6-13-9/h4,6H,3,5,10H2,1-2H3,(H,12,15). The van der Waals surface area contributed by atoms with Crippen molar-refractivity contribution in [3.8, 4) is 0 Å². The van der Waals surface area contributed by atoms with Gasteiger partial charge in [0.1, 0.15) is 6.33 Å². The van der Waals surface area contributed by atoms with Gasteiger partial charge in [-0.25, -0.2) is 9.97 Å². The zero-order valence-corrected chi connectivity index (χ0v) is 8.90. The van der Waals surface area contributed by atoms with Crippen molar-refractivity contribution >= 4 is 17.4 Å². The largest absolute Gasteiger partial charge is 0.394 e. The van der Waals surface area contributed by atoms with Crippen molar-refractivity contribution in [3.63, 3.8) is 0 Å². The van der Waals surface area contributed by atoms with Gasteiger partial charge in [0.15, 0.2) is 5.82 Å². The Morgan fingerprint density at radius 3 is 3.00 bits per heavy atom. The van der Waals surface area contributed by atoms with Crippen LogP contribution in [0.5, 0.6) is 0 Å². The summed E-state index contributed by atoms with van der Waals surface area (Å²) in [5.41, 5.74) is 6.14. The van der Waals surface area contributed by atoms with Crippen LogP contribution in [-0.4, -0.2) is 36.0 Å². The van der Waals surface area contributed by atoms with E-state index in [1.54, 1.807) is 11.9 Å². The molecule has 1 amide bonds. The Hall–Kier alpha value is -1.85. The van der Waals surface area contributed by atoms with E-state index in [0.29, 0.717) is 18.1 Å². The number of aromatic nitrogens is 2. The SMILES string of the molecule is CCNC(=O)CN(C)c1ncncc1N. The lowest BCUT2D eigenvalue weighted by Gasteiger charge is -2.18. The topological polar surface area (TPSA) is 84.1 Å². The second-order valence-electron chi connectivity index (χ2n) is 3.11. The van der Waals surface area contributed by atoms with Crippen molar-refractivity contribution in [2.24, 2.45) is 0 Å². The van der Waals surface area contributed by atoms with Gasteiger partial charge in [-0.15, -0.1) is 0 Å². The summed E-state index contributed by atoms with van der Waals surface area (Å²) in [7, 11) is 1.76. The number of anilines is 2. The summed E-state index contributed by atoms with van der Waals surface area (Å²) in [6.07, 6.45) is 2.91. The summed E-state index contributed by atoms with van der Waals surface area (Å²) in [6, 6.07) is 0. The van der Waals surface area contributed by atoms with E-state index in [0.717, 1.165) is 0 Å². The molecule has 6 nitrogen and oxygen atoms in total. The molecule has 0 radical (unpaired) electrons. The molecule has 1 aromatic rings. The zero-order chi connectivity index (χ0) is 11.3. The molecular weight excluding hydrogens is 194 g/mol. The van der Waals surface area contributed by atoms with Gasteiger partial charge < -0.3 is 16.0 Å². The molecule has 0 bridgehead atoms. The Morgan fingerprint density at radius 1 is 1.67 bits per heavy atom. The van der Waals surface area contributed by atoms with Gasteiger partial charge in [0.2, 0.25) is 5.91 Å².